The zero-order valence-corrected chi connectivity index (χ0v) is 14.4. The van der Waals surface area contributed by atoms with Crippen molar-refractivity contribution in [3.63, 3.8) is 0 Å². The van der Waals surface area contributed by atoms with Crippen molar-refractivity contribution in [2.75, 3.05) is 48.1 Å². The van der Waals surface area contributed by atoms with Crippen molar-refractivity contribution < 1.29 is 4.79 Å². The second-order valence-corrected chi connectivity index (χ2v) is 5.94. The maximum absolute atomic E-state index is 12.3. The Morgan fingerprint density at radius 2 is 1.96 bits per heavy atom. The van der Waals surface area contributed by atoms with Crippen LogP contribution in [-0.4, -0.2) is 44.2 Å². The zero-order chi connectivity index (χ0) is 17.6. The van der Waals surface area contributed by atoms with Crippen molar-refractivity contribution in [3.8, 4) is 0 Å². The van der Waals surface area contributed by atoms with Crippen molar-refractivity contribution in [1.29, 1.82) is 0 Å². The van der Waals surface area contributed by atoms with E-state index in [0.717, 1.165) is 44.0 Å². The lowest BCUT2D eigenvalue weighted by Crippen LogP contribution is -2.48. The summed E-state index contributed by atoms with van der Waals surface area (Å²) in [6.45, 7) is 3.74. The molecule has 1 aromatic carbocycles. The molecule has 0 bridgehead atoms. The summed E-state index contributed by atoms with van der Waals surface area (Å²) in [7, 11) is 1.79. The molecule has 132 valence electrons. The zero-order valence-electron chi connectivity index (χ0n) is 14.4. The van der Waals surface area contributed by atoms with Crippen LogP contribution in [0.5, 0.6) is 0 Å². The first kappa shape index (κ1) is 17.0. The number of urea groups is 1. The standard InChI is InChI=1S/C18H24N6O/c1-22(17-9-4-5-11-21-17)24(18(19)25)16-8-3-2-7-15(16)23-13-6-10-20-12-14-23/h2-5,7-9,11,20H,6,10,12-14H2,1H3,(H2,19,25). The Labute approximate surface area is 148 Å². The van der Waals surface area contributed by atoms with Gasteiger partial charge in [-0.3, -0.25) is 5.01 Å². The van der Waals surface area contributed by atoms with Crippen LogP contribution in [0.3, 0.4) is 0 Å². The molecular weight excluding hydrogens is 316 g/mol. The highest BCUT2D eigenvalue weighted by molar-refractivity contribution is 5.96. The number of aromatic nitrogens is 1. The lowest BCUT2D eigenvalue weighted by atomic mass is 10.2. The molecule has 7 nitrogen and oxygen atoms in total. The fraction of sp³-hybridized carbons (Fsp3) is 0.333. The number of hydrogen-bond donors (Lipinski definition) is 2. The number of hydrazine groups is 1. The highest BCUT2D eigenvalue weighted by Crippen LogP contribution is 2.31. The van der Waals surface area contributed by atoms with E-state index in [-0.39, 0.29) is 0 Å². The summed E-state index contributed by atoms with van der Waals surface area (Å²) in [5.41, 5.74) is 7.47. The Morgan fingerprint density at radius 3 is 2.72 bits per heavy atom. The highest BCUT2D eigenvalue weighted by atomic mass is 16.2. The highest BCUT2D eigenvalue weighted by Gasteiger charge is 2.24. The number of primary amides is 1. The van der Waals surface area contributed by atoms with E-state index in [2.05, 4.69) is 15.2 Å². The third kappa shape index (κ3) is 3.83. The van der Waals surface area contributed by atoms with Crippen molar-refractivity contribution >= 4 is 23.2 Å². The lowest BCUT2D eigenvalue weighted by molar-refractivity contribution is 0.253. The minimum absolute atomic E-state index is 0.548. The first-order valence-electron chi connectivity index (χ1n) is 8.47. The molecule has 25 heavy (non-hydrogen) atoms. The number of nitrogens with one attached hydrogen (secondary N) is 1. The summed E-state index contributed by atoms with van der Waals surface area (Å²) in [5.74, 6) is 0.647. The third-order valence-electron chi connectivity index (χ3n) is 4.28. The van der Waals surface area contributed by atoms with E-state index < -0.39 is 6.03 Å². The van der Waals surface area contributed by atoms with Crippen LogP contribution in [0.1, 0.15) is 6.42 Å². The molecule has 0 atom stereocenters. The predicted octanol–water partition coefficient (Wildman–Crippen LogP) is 1.82. The summed E-state index contributed by atoms with van der Waals surface area (Å²) >= 11 is 0. The summed E-state index contributed by atoms with van der Waals surface area (Å²) < 4.78 is 0. The van der Waals surface area contributed by atoms with Crippen LogP contribution in [0, 0.1) is 0 Å². The molecule has 1 aliphatic heterocycles. The van der Waals surface area contributed by atoms with Crippen LogP contribution in [0.4, 0.5) is 22.0 Å². The molecule has 0 spiro atoms. The van der Waals surface area contributed by atoms with Gasteiger partial charge in [-0.15, -0.1) is 0 Å². The van der Waals surface area contributed by atoms with Crippen LogP contribution in [-0.2, 0) is 0 Å². The molecule has 0 saturated carbocycles. The monoisotopic (exact) mass is 340 g/mol. The van der Waals surface area contributed by atoms with E-state index in [0.29, 0.717) is 5.82 Å². The van der Waals surface area contributed by atoms with Gasteiger partial charge in [-0.25, -0.2) is 9.78 Å². The number of nitrogens with zero attached hydrogens (tertiary/aromatic N) is 4. The topological polar surface area (TPSA) is 77.7 Å². The van der Waals surface area contributed by atoms with E-state index in [9.17, 15) is 4.79 Å². The number of benzene rings is 1. The predicted molar refractivity (Wildman–Crippen MR) is 101 cm³/mol. The van der Waals surface area contributed by atoms with E-state index in [1.807, 2.05) is 42.5 Å². The van der Waals surface area contributed by atoms with Gasteiger partial charge < -0.3 is 16.0 Å². The van der Waals surface area contributed by atoms with E-state index in [1.165, 1.54) is 5.01 Å². The van der Waals surface area contributed by atoms with E-state index >= 15 is 0 Å². The molecule has 7 heteroatoms. The van der Waals surface area contributed by atoms with Crippen LogP contribution >= 0.6 is 0 Å². The van der Waals surface area contributed by atoms with Gasteiger partial charge in [-0.2, -0.15) is 5.01 Å². The van der Waals surface area contributed by atoms with Gasteiger partial charge in [0.15, 0.2) is 0 Å². The maximum atomic E-state index is 12.3. The molecule has 0 aliphatic carbocycles. The summed E-state index contributed by atoms with van der Waals surface area (Å²) in [4.78, 5) is 18.9. The molecule has 3 N–H and O–H groups in total. The molecule has 2 aromatic rings. The quantitative estimate of drug-likeness (QED) is 0.830. The Kier molecular flexibility index (Phi) is 5.35. The first-order valence-corrected chi connectivity index (χ1v) is 8.47. The third-order valence-corrected chi connectivity index (χ3v) is 4.28. The Bertz CT molecular complexity index is 700. The summed E-state index contributed by atoms with van der Waals surface area (Å²) in [6, 6.07) is 12.9. The average Bonchev–Trinajstić information content (AvgIpc) is 2.92. The van der Waals surface area contributed by atoms with Gasteiger partial charge >= 0.3 is 6.03 Å². The number of rotatable bonds is 4. The number of carbonyl (C=O) groups is 1. The van der Waals surface area contributed by atoms with Crippen molar-refractivity contribution in [2.45, 2.75) is 6.42 Å². The van der Waals surface area contributed by atoms with Gasteiger partial charge in [0, 0.05) is 32.9 Å². The first-order chi connectivity index (χ1) is 12.2. The fourth-order valence-corrected chi connectivity index (χ4v) is 3.07. The fourth-order valence-electron chi connectivity index (χ4n) is 3.07. The van der Waals surface area contributed by atoms with E-state index in [1.54, 1.807) is 18.3 Å². The number of pyridine rings is 1. The van der Waals surface area contributed by atoms with Gasteiger partial charge in [0.1, 0.15) is 5.82 Å². The number of carbonyl (C=O) groups excluding carboxylic acids is 1. The molecule has 0 radical (unpaired) electrons. The van der Waals surface area contributed by atoms with E-state index in [4.69, 9.17) is 5.73 Å². The molecule has 0 unspecified atom stereocenters. The molecule has 2 heterocycles. The Morgan fingerprint density at radius 1 is 1.16 bits per heavy atom. The van der Waals surface area contributed by atoms with Gasteiger partial charge in [-0.1, -0.05) is 18.2 Å². The maximum Gasteiger partial charge on any atom is 0.338 e. The SMILES string of the molecule is CN(c1ccccn1)N(C(N)=O)c1ccccc1N1CCCNCC1. The average molecular weight is 340 g/mol. The number of nitrogens with two attached hydrogens (primary N) is 1. The molecule has 1 aliphatic rings. The second kappa shape index (κ2) is 7.85. The molecular formula is C18H24N6O. The summed E-state index contributed by atoms with van der Waals surface area (Å²) in [5, 5.41) is 6.55. The van der Waals surface area contributed by atoms with Gasteiger partial charge in [0.25, 0.3) is 0 Å². The molecule has 3 rings (SSSR count). The van der Waals surface area contributed by atoms with Gasteiger partial charge in [0.05, 0.1) is 11.4 Å². The summed E-state index contributed by atoms with van der Waals surface area (Å²) in [6.07, 6.45) is 2.75. The Hall–Kier alpha value is -2.80. The van der Waals surface area contributed by atoms with Gasteiger partial charge in [-0.05, 0) is 37.2 Å². The number of hydrogen-bond acceptors (Lipinski definition) is 5. The molecule has 2 amide bonds. The van der Waals surface area contributed by atoms with Crippen LogP contribution in [0.2, 0.25) is 0 Å². The minimum Gasteiger partial charge on any atom is -0.368 e. The van der Waals surface area contributed by atoms with Crippen molar-refractivity contribution in [1.82, 2.24) is 10.3 Å². The molecule has 1 fully saturated rings. The number of anilines is 3. The second-order valence-electron chi connectivity index (χ2n) is 5.94. The smallest absolute Gasteiger partial charge is 0.338 e. The molecule has 1 saturated heterocycles. The minimum atomic E-state index is -0.548. The largest absolute Gasteiger partial charge is 0.368 e. The molecule has 1 aromatic heterocycles. The lowest BCUT2D eigenvalue weighted by Gasteiger charge is -2.35. The number of para-hydroxylation sites is 2. The Balaban J connectivity index is 1.98. The van der Waals surface area contributed by atoms with Crippen molar-refractivity contribution in [2.24, 2.45) is 5.73 Å². The number of amides is 2. The van der Waals surface area contributed by atoms with Crippen LogP contribution < -0.4 is 26.0 Å². The van der Waals surface area contributed by atoms with Crippen LogP contribution in [0.25, 0.3) is 0 Å². The van der Waals surface area contributed by atoms with Crippen molar-refractivity contribution in [3.05, 3.63) is 48.7 Å². The normalized spacial score (nSPS) is 14.7. The van der Waals surface area contributed by atoms with Gasteiger partial charge in [0.2, 0.25) is 0 Å². The van der Waals surface area contributed by atoms with Crippen LogP contribution in [0.15, 0.2) is 48.7 Å².